The molecule has 5 nitrogen and oxygen atoms in total. The third-order valence-electron chi connectivity index (χ3n) is 3.30. The molecule has 0 atom stereocenters. The number of imidazole rings is 1. The molecule has 2 aromatic carbocycles. The molecule has 1 aromatic heterocycles. The number of hydrogen-bond acceptors (Lipinski definition) is 4. The molecular weight excluding hydrogens is 383 g/mol. The monoisotopic (exact) mass is 398 g/mol. The van der Waals surface area contributed by atoms with Crippen molar-refractivity contribution in [3.05, 3.63) is 35.6 Å². The SMILES string of the molecule is COc1cc([Se]c2ccc3nc(Cl)[nH]c3c2)cc(OC)c1OC. The van der Waals surface area contributed by atoms with Crippen molar-refractivity contribution in [2.45, 2.75) is 0 Å². The van der Waals surface area contributed by atoms with Crippen LogP contribution in [0.4, 0.5) is 0 Å². The maximum atomic E-state index is 5.90. The van der Waals surface area contributed by atoms with Crippen molar-refractivity contribution >= 4 is 46.5 Å². The van der Waals surface area contributed by atoms with Gasteiger partial charge < -0.3 is 0 Å². The first kappa shape index (κ1) is 16.0. The van der Waals surface area contributed by atoms with E-state index in [-0.39, 0.29) is 15.0 Å². The molecule has 120 valence electrons. The van der Waals surface area contributed by atoms with E-state index >= 15 is 0 Å². The van der Waals surface area contributed by atoms with Crippen molar-refractivity contribution in [2.24, 2.45) is 0 Å². The fourth-order valence-electron chi connectivity index (χ4n) is 2.27. The van der Waals surface area contributed by atoms with Gasteiger partial charge in [-0.3, -0.25) is 0 Å². The maximum absolute atomic E-state index is 5.90. The van der Waals surface area contributed by atoms with Crippen LogP contribution in [-0.2, 0) is 0 Å². The summed E-state index contributed by atoms with van der Waals surface area (Å²) >= 11 is 5.98. The summed E-state index contributed by atoms with van der Waals surface area (Å²) in [5.74, 6) is 1.93. The molecule has 1 heterocycles. The number of fused-ring (bicyclic) bond motifs is 1. The zero-order valence-corrected chi connectivity index (χ0v) is 15.3. The first-order chi connectivity index (χ1) is 11.1. The Kier molecular flexibility index (Phi) is 4.66. The molecule has 3 rings (SSSR count). The third kappa shape index (κ3) is 3.24. The van der Waals surface area contributed by atoms with Crippen LogP contribution in [0, 0.1) is 0 Å². The van der Waals surface area contributed by atoms with E-state index in [1.54, 1.807) is 21.3 Å². The Hall–Kier alpha value is -1.88. The zero-order valence-electron chi connectivity index (χ0n) is 12.8. The van der Waals surface area contributed by atoms with E-state index in [4.69, 9.17) is 25.8 Å². The predicted molar refractivity (Wildman–Crippen MR) is 92.2 cm³/mol. The molecule has 0 radical (unpaired) electrons. The fraction of sp³-hybridized carbons (Fsp3) is 0.188. The van der Waals surface area contributed by atoms with Gasteiger partial charge in [0.25, 0.3) is 0 Å². The van der Waals surface area contributed by atoms with Gasteiger partial charge in [0.15, 0.2) is 0 Å². The van der Waals surface area contributed by atoms with Crippen molar-refractivity contribution in [2.75, 3.05) is 21.3 Å². The number of methoxy groups -OCH3 is 3. The molecule has 3 aromatic rings. The number of H-pyrrole nitrogens is 1. The van der Waals surface area contributed by atoms with Crippen LogP contribution in [0.2, 0.25) is 5.28 Å². The second-order valence-corrected chi connectivity index (χ2v) is 7.43. The number of halogens is 1. The van der Waals surface area contributed by atoms with Gasteiger partial charge in [-0.15, -0.1) is 0 Å². The second kappa shape index (κ2) is 6.71. The van der Waals surface area contributed by atoms with E-state index in [9.17, 15) is 0 Å². The van der Waals surface area contributed by atoms with Crippen LogP contribution in [0.5, 0.6) is 17.2 Å². The van der Waals surface area contributed by atoms with Crippen LogP contribution in [0.1, 0.15) is 0 Å². The van der Waals surface area contributed by atoms with Gasteiger partial charge >= 0.3 is 145 Å². The Bertz CT molecular complexity index is 825. The Morgan fingerprint density at radius 2 is 1.65 bits per heavy atom. The molecule has 0 bridgehead atoms. The Balaban J connectivity index is 1.97. The van der Waals surface area contributed by atoms with E-state index < -0.39 is 0 Å². The molecule has 0 unspecified atom stereocenters. The number of rotatable bonds is 5. The van der Waals surface area contributed by atoms with E-state index in [0.29, 0.717) is 22.5 Å². The summed E-state index contributed by atoms with van der Waals surface area (Å²) in [5, 5.41) is 0.400. The average Bonchev–Trinajstić information content (AvgIpc) is 2.93. The summed E-state index contributed by atoms with van der Waals surface area (Å²) in [5.41, 5.74) is 1.79. The zero-order chi connectivity index (χ0) is 16.4. The number of aromatic nitrogens is 2. The molecule has 0 amide bonds. The van der Waals surface area contributed by atoms with Gasteiger partial charge in [0.05, 0.1) is 0 Å². The molecular formula is C16H15ClN2O3Se. The molecule has 0 spiro atoms. The molecule has 0 aliphatic rings. The molecule has 1 N–H and O–H groups in total. The first-order valence-corrected chi connectivity index (χ1v) is 8.87. The number of aromatic amines is 1. The van der Waals surface area contributed by atoms with Crippen molar-refractivity contribution in [3.8, 4) is 17.2 Å². The van der Waals surface area contributed by atoms with Gasteiger partial charge in [-0.2, -0.15) is 0 Å². The third-order valence-corrected chi connectivity index (χ3v) is 5.49. The summed E-state index contributed by atoms with van der Waals surface area (Å²) in [6.07, 6.45) is 0. The molecule has 0 aliphatic carbocycles. The molecule has 7 heteroatoms. The normalized spacial score (nSPS) is 10.8. The van der Waals surface area contributed by atoms with Crippen molar-refractivity contribution in [3.63, 3.8) is 0 Å². The van der Waals surface area contributed by atoms with E-state index in [0.717, 1.165) is 15.5 Å². The number of nitrogens with one attached hydrogen (secondary N) is 1. The summed E-state index contributed by atoms with van der Waals surface area (Å²) < 4.78 is 18.5. The van der Waals surface area contributed by atoms with Crippen molar-refractivity contribution in [1.29, 1.82) is 0 Å². The first-order valence-electron chi connectivity index (χ1n) is 6.77. The molecule has 23 heavy (non-hydrogen) atoms. The molecule has 0 aliphatic heterocycles. The number of benzene rings is 2. The minimum absolute atomic E-state index is 0.0820. The van der Waals surface area contributed by atoms with Crippen molar-refractivity contribution < 1.29 is 14.2 Å². The average molecular weight is 398 g/mol. The van der Waals surface area contributed by atoms with Crippen molar-refractivity contribution in [1.82, 2.24) is 9.97 Å². The topological polar surface area (TPSA) is 56.4 Å². The summed E-state index contributed by atoms with van der Waals surface area (Å²) in [6, 6.07) is 10.0. The molecule has 0 fully saturated rings. The van der Waals surface area contributed by atoms with Crippen LogP contribution in [0.3, 0.4) is 0 Å². The molecule has 0 saturated heterocycles. The van der Waals surface area contributed by atoms with Gasteiger partial charge in [-0.1, -0.05) is 0 Å². The summed E-state index contributed by atoms with van der Waals surface area (Å²) in [6.45, 7) is 0. The van der Waals surface area contributed by atoms with Gasteiger partial charge in [0.2, 0.25) is 0 Å². The number of ether oxygens (including phenoxy) is 3. The van der Waals surface area contributed by atoms with Gasteiger partial charge in [0.1, 0.15) is 0 Å². The summed E-state index contributed by atoms with van der Waals surface area (Å²) in [4.78, 5) is 7.24. The second-order valence-electron chi connectivity index (χ2n) is 4.67. The number of hydrogen-bond donors (Lipinski definition) is 1. The Morgan fingerprint density at radius 1 is 0.957 bits per heavy atom. The van der Waals surface area contributed by atoms with Gasteiger partial charge in [-0.05, 0) is 0 Å². The molecule has 0 saturated carbocycles. The summed E-state index contributed by atoms with van der Waals surface area (Å²) in [7, 11) is 4.83. The van der Waals surface area contributed by atoms with Crippen LogP contribution >= 0.6 is 11.6 Å². The Morgan fingerprint density at radius 3 is 2.26 bits per heavy atom. The fourth-order valence-corrected chi connectivity index (χ4v) is 4.39. The minimum atomic E-state index is 0.0820. The van der Waals surface area contributed by atoms with Crippen LogP contribution in [0.25, 0.3) is 11.0 Å². The quantitative estimate of drug-likeness (QED) is 0.668. The van der Waals surface area contributed by atoms with E-state index in [1.807, 2.05) is 18.2 Å². The van der Waals surface area contributed by atoms with Crippen LogP contribution in [-0.4, -0.2) is 46.3 Å². The number of nitrogens with zero attached hydrogens (tertiary/aromatic N) is 1. The van der Waals surface area contributed by atoms with Crippen LogP contribution in [0.15, 0.2) is 30.3 Å². The van der Waals surface area contributed by atoms with E-state index in [2.05, 4.69) is 22.1 Å². The van der Waals surface area contributed by atoms with Crippen LogP contribution < -0.4 is 23.1 Å². The predicted octanol–water partition coefficient (Wildman–Crippen LogP) is 1.90. The van der Waals surface area contributed by atoms with E-state index in [1.165, 1.54) is 4.46 Å². The Labute approximate surface area is 145 Å². The standard InChI is InChI=1S/C16H15ClN2O3Se/c1-20-13-7-10(8-14(21-2)15(13)22-3)23-9-4-5-11-12(6-9)19-16(17)18-11/h4-8H,1-3H3,(H,18,19). The van der Waals surface area contributed by atoms with Gasteiger partial charge in [-0.25, -0.2) is 0 Å². The van der Waals surface area contributed by atoms with Gasteiger partial charge in [0, 0.05) is 0 Å².